The summed E-state index contributed by atoms with van der Waals surface area (Å²) in [6.07, 6.45) is -0.895. The average molecular weight is 366 g/mol. The zero-order valence-corrected chi connectivity index (χ0v) is 14.9. The highest BCUT2D eigenvalue weighted by atomic mass is 32.1. The number of aromatic nitrogens is 1. The number of rotatable bonds is 10. The molecule has 138 valence electrons. The number of alkyl halides is 3. The second kappa shape index (κ2) is 11.2. The van der Waals surface area contributed by atoms with E-state index in [2.05, 4.69) is 27.5 Å². The second-order valence-corrected chi connectivity index (χ2v) is 6.06. The van der Waals surface area contributed by atoms with Crippen molar-refractivity contribution >= 4 is 17.3 Å². The number of thiazole rings is 1. The summed E-state index contributed by atoms with van der Waals surface area (Å²) in [4.78, 5) is 7.66. The third-order valence-electron chi connectivity index (χ3n) is 3.10. The molecule has 0 saturated carbocycles. The van der Waals surface area contributed by atoms with Crippen LogP contribution < -0.4 is 10.6 Å². The van der Waals surface area contributed by atoms with Crippen LogP contribution in [0.4, 0.5) is 13.2 Å². The molecule has 0 unspecified atom stereocenters. The topological polar surface area (TPSA) is 58.5 Å². The van der Waals surface area contributed by atoms with Gasteiger partial charge in [-0.1, -0.05) is 13.3 Å². The molecule has 0 aliphatic carbocycles. The van der Waals surface area contributed by atoms with Crippen molar-refractivity contribution in [1.29, 1.82) is 0 Å². The molecule has 0 aliphatic heterocycles. The van der Waals surface area contributed by atoms with Crippen molar-refractivity contribution in [1.82, 2.24) is 15.6 Å². The zero-order chi connectivity index (χ0) is 17.8. The Bertz CT molecular complexity index is 491. The second-order valence-electron chi connectivity index (χ2n) is 5.12. The van der Waals surface area contributed by atoms with Crippen molar-refractivity contribution in [3.8, 4) is 0 Å². The fourth-order valence-corrected chi connectivity index (χ4v) is 2.60. The number of hydrogen-bond acceptors (Lipinski definition) is 4. The van der Waals surface area contributed by atoms with Gasteiger partial charge in [-0.05, 0) is 12.8 Å². The summed E-state index contributed by atoms with van der Waals surface area (Å²) in [5.41, 5.74) is -0.826. The maximum atomic E-state index is 12.5. The first-order chi connectivity index (χ1) is 11.5. The van der Waals surface area contributed by atoms with E-state index in [1.54, 1.807) is 7.05 Å². The van der Waals surface area contributed by atoms with Gasteiger partial charge in [0.2, 0.25) is 0 Å². The van der Waals surface area contributed by atoms with Crippen LogP contribution in [0.15, 0.2) is 10.4 Å². The van der Waals surface area contributed by atoms with Crippen molar-refractivity contribution in [2.24, 2.45) is 4.99 Å². The average Bonchev–Trinajstić information content (AvgIpc) is 3.01. The minimum Gasteiger partial charge on any atom is -0.381 e. The van der Waals surface area contributed by atoms with Crippen molar-refractivity contribution in [3.63, 3.8) is 0 Å². The molecule has 0 atom stereocenters. The zero-order valence-electron chi connectivity index (χ0n) is 14.1. The number of ether oxygens (including phenoxy) is 1. The molecule has 1 heterocycles. The van der Waals surface area contributed by atoms with Crippen LogP contribution in [0, 0.1) is 0 Å². The van der Waals surface area contributed by atoms with Crippen molar-refractivity contribution in [3.05, 3.63) is 16.1 Å². The maximum Gasteiger partial charge on any atom is 0.434 e. The molecule has 0 fully saturated rings. The van der Waals surface area contributed by atoms with E-state index in [-0.39, 0.29) is 0 Å². The standard InChI is InChI=1S/C15H25F3N4OS/c1-3-4-9-23-10-5-7-20-14(19-2)21-8-6-13-22-12(11-24-13)15(16,17)18/h11H,3-10H2,1-2H3,(H2,19,20,21). The lowest BCUT2D eigenvalue weighted by Crippen LogP contribution is -2.39. The minimum atomic E-state index is -4.38. The Hall–Kier alpha value is -1.35. The monoisotopic (exact) mass is 366 g/mol. The number of nitrogens with one attached hydrogen (secondary N) is 2. The molecule has 0 spiro atoms. The van der Waals surface area contributed by atoms with E-state index in [0.717, 1.165) is 49.1 Å². The van der Waals surface area contributed by atoms with Crippen LogP contribution >= 0.6 is 11.3 Å². The molecule has 0 amide bonds. The van der Waals surface area contributed by atoms with Crippen LogP contribution in [0.25, 0.3) is 0 Å². The summed E-state index contributed by atoms with van der Waals surface area (Å²) in [5.74, 6) is 0.621. The van der Waals surface area contributed by atoms with Crippen LogP contribution in [0.3, 0.4) is 0 Å². The minimum absolute atomic E-state index is 0.418. The quantitative estimate of drug-likeness (QED) is 0.380. The van der Waals surface area contributed by atoms with Crippen LogP contribution in [-0.4, -0.2) is 44.3 Å². The van der Waals surface area contributed by atoms with Crippen LogP contribution in [0.1, 0.15) is 36.9 Å². The molecule has 0 radical (unpaired) electrons. The molecule has 9 heteroatoms. The largest absolute Gasteiger partial charge is 0.434 e. The molecular weight excluding hydrogens is 341 g/mol. The van der Waals surface area contributed by atoms with Gasteiger partial charge in [-0.15, -0.1) is 11.3 Å². The lowest BCUT2D eigenvalue weighted by Gasteiger charge is -2.11. The van der Waals surface area contributed by atoms with Gasteiger partial charge in [0, 0.05) is 45.2 Å². The Labute approximate surface area is 144 Å². The molecule has 0 bridgehead atoms. The van der Waals surface area contributed by atoms with Gasteiger partial charge < -0.3 is 15.4 Å². The molecule has 0 aliphatic rings. The lowest BCUT2D eigenvalue weighted by atomic mass is 10.4. The van der Waals surface area contributed by atoms with E-state index in [4.69, 9.17) is 4.74 Å². The fourth-order valence-electron chi connectivity index (χ4n) is 1.79. The number of halogens is 3. The number of unbranched alkanes of at least 4 members (excludes halogenated alkanes) is 1. The Kier molecular flexibility index (Phi) is 9.70. The highest BCUT2D eigenvalue weighted by molar-refractivity contribution is 7.09. The van der Waals surface area contributed by atoms with Gasteiger partial charge >= 0.3 is 6.18 Å². The van der Waals surface area contributed by atoms with Gasteiger partial charge in [-0.3, -0.25) is 4.99 Å². The van der Waals surface area contributed by atoms with Crippen molar-refractivity contribution in [2.75, 3.05) is 33.4 Å². The highest BCUT2D eigenvalue weighted by Gasteiger charge is 2.33. The summed E-state index contributed by atoms with van der Waals surface area (Å²) in [6.45, 7) is 4.80. The van der Waals surface area contributed by atoms with Gasteiger partial charge in [0.1, 0.15) is 0 Å². The van der Waals surface area contributed by atoms with E-state index >= 15 is 0 Å². The lowest BCUT2D eigenvalue weighted by molar-refractivity contribution is -0.140. The third-order valence-corrected chi connectivity index (χ3v) is 4.01. The molecule has 1 aromatic heterocycles. The summed E-state index contributed by atoms with van der Waals surface area (Å²) in [6, 6.07) is 0. The Morgan fingerprint density at radius 1 is 1.25 bits per heavy atom. The predicted octanol–water partition coefficient (Wildman–Crippen LogP) is 3.08. The van der Waals surface area contributed by atoms with Gasteiger partial charge in [0.15, 0.2) is 11.7 Å². The van der Waals surface area contributed by atoms with Gasteiger partial charge in [-0.25, -0.2) is 4.98 Å². The predicted molar refractivity (Wildman–Crippen MR) is 90.5 cm³/mol. The third kappa shape index (κ3) is 8.49. The van der Waals surface area contributed by atoms with E-state index in [1.165, 1.54) is 0 Å². The van der Waals surface area contributed by atoms with Gasteiger partial charge in [0.25, 0.3) is 0 Å². The number of guanidine groups is 1. The molecule has 0 saturated heterocycles. The summed E-state index contributed by atoms with van der Waals surface area (Å²) < 4.78 is 42.9. The fraction of sp³-hybridized carbons (Fsp3) is 0.733. The Balaban J connectivity index is 2.17. The van der Waals surface area contributed by atoms with Crippen LogP contribution in [-0.2, 0) is 17.3 Å². The normalized spacial score (nSPS) is 12.5. The summed E-state index contributed by atoms with van der Waals surface area (Å²) >= 11 is 1.02. The smallest absolute Gasteiger partial charge is 0.381 e. The van der Waals surface area contributed by atoms with E-state index in [9.17, 15) is 13.2 Å². The molecule has 1 rings (SSSR count). The first-order valence-corrected chi connectivity index (χ1v) is 8.89. The SMILES string of the molecule is CCCCOCCCNC(=NC)NCCc1nc(C(F)(F)F)cs1. The van der Waals surface area contributed by atoms with Crippen LogP contribution in [0.5, 0.6) is 0 Å². The number of aliphatic imine (C=N–C) groups is 1. The Morgan fingerprint density at radius 2 is 1.96 bits per heavy atom. The molecule has 24 heavy (non-hydrogen) atoms. The molecule has 2 N–H and O–H groups in total. The summed E-state index contributed by atoms with van der Waals surface area (Å²) in [7, 11) is 1.65. The molecule has 5 nitrogen and oxygen atoms in total. The van der Waals surface area contributed by atoms with Gasteiger partial charge in [0.05, 0.1) is 5.01 Å². The van der Waals surface area contributed by atoms with Crippen LogP contribution in [0.2, 0.25) is 0 Å². The number of nitrogens with zero attached hydrogens (tertiary/aromatic N) is 2. The van der Waals surface area contributed by atoms with E-state index in [0.29, 0.717) is 30.5 Å². The molecule has 0 aromatic carbocycles. The van der Waals surface area contributed by atoms with Crippen molar-refractivity contribution < 1.29 is 17.9 Å². The molecule has 1 aromatic rings. The first-order valence-electron chi connectivity index (χ1n) is 8.01. The Morgan fingerprint density at radius 3 is 2.58 bits per heavy atom. The molecular formula is C15H25F3N4OS. The first kappa shape index (κ1) is 20.7. The summed E-state index contributed by atoms with van der Waals surface area (Å²) in [5, 5.41) is 7.69. The highest BCUT2D eigenvalue weighted by Crippen LogP contribution is 2.29. The van der Waals surface area contributed by atoms with E-state index < -0.39 is 11.9 Å². The van der Waals surface area contributed by atoms with Gasteiger partial charge in [-0.2, -0.15) is 13.2 Å². The number of hydrogen-bond donors (Lipinski definition) is 2. The van der Waals surface area contributed by atoms with E-state index in [1.807, 2.05) is 0 Å². The van der Waals surface area contributed by atoms with Crippen molar-refractivity contribution in [2.45, 2.75) is 38.8 Å². The maximum absolute atomic E-state index is 12.5.